The van der Waals surface area contributed by atoms with Gasteiger partial charge in [0.15, 0.2) is 0 Å². The van der Waals surface area contributed by atoms with Crippen molar-refractivity contribution >= 4 is 5.91 Å². The Bertz CT molecular complexity index is 378. The van der Waals surface area contributed by atoms with E-state index < -0.39 is 0 Å². The highest BCUT2D eigenvalue weighted by Gasteiger charge is 2.03. The third kappa shape index (κ3) is 4.09. The van der Waals surface area contributed by atoms with E-state index in [0.717, 1.165) is 18.5 Å². The SMILES string of the molecule is Cc1ccc(C(=O)NCCCCC#N)cn1. The number of hydrogen-bond acceptors (Lipinski definition) is 3. The van der Waals surface area contributed by atoms with E-state index in [-0.39, 0.29) is 5.91 Å². The Labute approximate surface area is 95.3 Å². The number of carbonyl (C=O) groups is 1. The molecule has 1 amide bonds. The van der Waals surface area contributed by atoms with Crippen LogP contribution in [-0.2, 0) is 0 Å². The lowest BCUT2D eigenvalue weighted by Crippen LogP contribution is -2.24. The first-order valence-corrected chi connectivity index (χ1v) is 5.32. The van der Waals surface area contributed by atoms with E-state index >= 15 is 0 Å². The summed E-state index contributed by atoms with van der Waals surface area (Å²) in [5.41, 5.74) is 1.47. The minimum absolute atomic E-state index is 0.107. The molecule has 0 saturated carbocycles. The molecule has 0 unspecified atom stereocenters. The second kappa shape index (κ2) is 6.57. The van der Waals surface area contributed by atoms with Gasteiger partial charge in [0.25, 0.3) is 5.91 Å². The van der Waals surface area contributed by atoms with Crippen LogP contribution in [0.15, 0.2) is 18.3 Å². The van der Waals surface area contributed by atoms with Crippen LogP contribution in [0.4, 0.5) is 0 Å². The van der Waals surface area contributed by atoms with Crippen LogP contribution < -0.4 is 5.32 Å². The summed E-state index contributed by atoms with van der Waals surface area (Å²) in [6.07, 6.45) is 3.77. The highest BCUT2D eigenvalue weighted by molar-refractivity contribution is 5.93. The maximum atomic E-state index is 11.6. The van der Waals surface area contributed by atoms with Crippen LogP contribution in [0.25, 0.3) is 0 Å². The van der Waals surface area contributed by atoms with Gasteiger partial charge >= 0.3 is 0 Å². The van der Waals surface area contributed by atoms with E-state index in [1.165, 1.54) is 0 Å². The number of nitrogens with one attached hydrogen (secondary N) is 1. The van der Waals surface area contributed by atoms with Gasteiger partial charge in [-0.05, 0) is 31.9 Å². The van der Waals surface area contributed by atoms with Crippen molar-refractivity contribution < 1.29 is 4.79 Å². The molecular formula is C12H15N3O. The second-order valence-corrected chi connectivity index (χ2v) is 3.56. The summed E-state index contributed by atoms with van der Waals surface area (Å²) in [7, 11) is 0. The molecule has 0 aliphatic heterocycles. The topological polar surface area (TPSA) is 65.8 Å². The Morgan fingerprint density at radius 2 is 2.31 bits per heavy atom. The Balaban J connectivity index is 2.30. The summed E-state index contributed by atoms with van der Waals surface area (Å²) >= 11 is 0. The van der Waals surface area contributed by atoms with E-state index in [0.29, 0.717) is 18.5 Å². The smallest absolute Gasteiger partial charge is 0.252 e. The van der Waals surface area contributed by atoms with Crippen molar-refractivity contribution in [1.29, 1.82) is 5.26 Å². The molecule has 1 aromatic rings. The first kappa shape index (κ1) is 12.2. The van der Waals surface area contributed by atoms with E-state index in [9.17, 15) is 4.79 Å². The molecular weight excluding hydrogens is 202 g/mol. The monoisotopic (exact) mass is 217 g/mol. The number of amides is 1. The summed E-state index contributed by atoms with van der Waals surface area (Å²) in [4.78, 5) is 15.6. The largest absolute Gasteiger partial charge is 0.352 e. The van der Waals surface area contributed by atoms with Crippen LogP contribution in [0.3, 0.4) is 0 Å². The van der Waals surface area contributed by atoms with Gasteiger partial charge in [0.05, 0.1) is 11.6 Å². The number of carbonyl (C=O) groups excluding carboxylic acids is 1. The molecule has 1 heterocycles. The van der Waals surface area contributed by atoms with Gasteiger partial charge in [-0.1, -0.05) is 0 Å². The van der Waals surface area contributed by atoms with Crippen LogP contribution in [0.1, 0.15) is 35.3 Å². The number of unbranched alkanes of at least 4 members (excludes halogenated alkanes) is 2. The van der Waals surface area contributed by atoms with E-state index in [2.05, 4.69) is 16.4 Å². The number of nitrogens with zero attached hydrogens (tertiary/aromatic N) is 2. The third-order valence-electron chi connectivity index (χ3n) is 2.17. The van der Waals surface area contributed by atoms with Crippen LogP contribution in [0, 0.1) is 18.3 Å². The lowest BCUT2D eigenvalue weighted by molar-refractivity contribution is 0.0952. The molecule has 16 heavy (non-hydrogen) atoms. The highest BCUT2D eigenvalue weighted by atomic mass is 16.1. The molecule has 1 aromatic heterocycles. The zero-order chi connectivity index (χ0) is 11.8. The fraction of sp³-hybridized carbons (Fsp3) is 0.417. The lowest BCUT2D eigenvalue weighted by Gasteiger charge is -2.03. The zero-order valence-electron chi connectivity index (χ0n) is 9.36. The number of hydrogen-bond donors (Lipinski definition) is 1. The average molecular weight is 217 g/mol. The van der Waals surface area contributed by atoms with Gasteiger partial charge in [0.2, 0.25) is 0 Å². The van der Waals surface area contributed by atoms with Crippen molar-refractivity contribution in [2.75, 3.05) is 6.54 Å². The van der Waals surface area contributed by atoms with Crippen molar-refractivity contribution in [2.45, 2.75) is 26.2 Å². The Kier molecular flexibility index (Phi) is 5.00. The maximum Gasteiger partial charge on any atom is 0.252 e. The summed E-state index contributed by atoms with van der Waals surface area (Å²) < 4.78 is 0. The Hall–Kier alpha value is -1.89. The lowest BCUT2D eigenvalue weighted by atomic mass is 10.2. The number of nitriles is 1. The molecule has 0 aliphatic rings. The van der Waals surface area contributed by atoms with Gasteiger partial charge in [-0.15, -0.1) is 0 Å². The quantitative estimate of drug-likeness (QED) is 0.765. The fourth-order valence-electron chi connectivity index (χ4n) is 1.24. The number of rotatable bonds is 5. The van der Waals surface area contributed by atoms with Gasteiger partial charge < -0.3 is 5.32 Å². The molecule has 0 aromatic carbocycles. The van der Waals surface area contributed by atoms with E-state index in [1.54, 1.807) is 12.3 Å². The maximum absolute atomic E-state index is 11.6. The summed E-state index contributed by atoms with van der Waals surface area (Å²) in [5, 5.41) is 11.1. The predicted octanol–water partition coefficient (Wildman–Crippen LogP) is 1.81. The van der Waals surface area contributed by atoms with E-state index in [4.69, 9.17) is 5.26 Å². The average Bonchev–Trinajstić information content (AvgIpc) is 2.29. The molecule has 0 aliphatic carbocycles. The van der Waals surface area contributed by atoms with Crippen molar-refractivity contribution in [1.82, 2.24) is 10.3 Å². The van der Waals surface area contributed by atoms with Crippen molar-refractivity contribution in [2.24, 2.45) is 0 Å². The van der Waals surface area contributed by atoms with Crippen LogP contribution in [0.2, 0.25) is 0 Å². The minimum atomic E-state index is -0.107. The van der Waals surface area contributed by atoms with Crippen molar-refractivity contribution in [3.05, 3.63) is 29.6 Å². The number of pyridine rings is 1. The molecule has 84 valence electrons. The highest BCUT2D eigenvalue weighted by Crippen LogP contribution is 1.99. The first-order chi connectivity index (χ1) is 7.74. The molecule has 1 rings (SSSR count). The molecule has 1 N–H and O–H groups in total. The molecule has 0 saturated heterocycles. The molecule has 0 fully saturated rings. The van der Waals surface area contributed by atoms with Gasteiger partial charge in [0, 0.05) is 24.9 Å². The molecule has 0 atom stereocenters. The fourth-order valence-corrected chi connectivity index (χ4v) is 1.24. The standard InChI is InChI=1S/C12H15N3O/c1-10-5-6-11(9-15-10)12(16)14-8-4-2-3-7-13/h5-6,9H,2-4,8H2,1H3,(H,14,16). The predicted molar refractivity (Wildman–Crippen MR) is 60.8 cm³/mol. The molecule has 4 heteroatoms. The molecule has 0 spiro atoms. The van der Waals surface area contributed by atoms with Crippen LogP contribution >= 0.6 is 0 Å². The van der Waals surface area contributed by atoms with Gasteiger partial charge in [0.1, 0.15) is 0 Å². The van der Waals surface area contributed by atoms with Gasteiger partial charge in [-0.25, -0.2) is 0 Å². The van der Waals surface area contributed by atoms with Crippen molar-refractivity contribution in [3.8, 4) is 6.07 Å². The van der Waals surface area contributed by atoms with Gasteiger partial charge in [-0.2, -0.15) is 5.26 Å². The summed E-state index contributed by atoms with van der Waals surface area (Å²) in [6.45, 7) is 2.48. The summed E-state index contributed by atoms with van der Waals surface area (Å²) in [5.74, 6) is -0.107. The molecule has 4 nitrogen and oxygen atoms in total. The van der Waals surface area contributed by atoms with Gasteiger partial charge in [-0.3, -0.25) is 9.78 Å². The molecule has 0 radical (unpaired) electrons. The number of aromatic nitrogens is 1. The molecule has 0 bridgehead atoms. The third-order valence-corrected chi connectivity index (χ3v) is 2.17. The normalized spacial score (nSPS) is 9.50. The number of aryl methyl sites for hydroxylation is 1. The zero-order valence-corrected chi connectivity index (χ0v) is 9.36. The van der Waals surface area contributed by atoms with Crippen LogP contribution in [0.5, 0.6) is 0 Å². The first-order valence-electron chi connectivity index (χ1n) is 5.32. The Morgan fingerprint density at radius 3 is 2.94 bits per heavy atom. The Morgan fingerprint density at radius 1 is 1.50 bits per heavy atom. The second-order valence-electron chi connectivity index (χ2n) is 3.56. The van der Waals surface area contributed by atoms with Crippen LogP contribution in [-0.4, -0.2) is 17.4 Å². The minimum Gasteiger partial charge on any atom is -0.352 e. The van der Waals surface area contributed by atoms with Crippen molar-refractivity contribution in [3.63, 3.8) is 0 Å². The summed E-state index contributed by atoms with van der Waals surface area (Å²) in [6, 6.07) is 5.64. The van der Waals surface area contributed by atoms with E-state index in [1.807, 2.05) is 13.0 Å².